The van der Waals surface area contributed by atoms with Gasteiger partial charge in [0.2, 0.25) is 5.91 Å². The SMILES string of the molecule is CC(C)NC(=O)CNC(=O)c1ccc(COc2ccc(Cl)cc2)cc1. The lowest BCUT2D eigenvalue weighted by Gasteiger charge is -2.10. The number of rotatable bonds is 7. The molecule has 2 amide bonds. The minimum Gasteiger partial charge on any atom is -0.489 e. The highest BCUT2D eigenvalue weighted by Gasteiger charge is 2.08. The Morgan fingerprint density at radius 3 is 2.28 bits per heavy atom. The first-order valence-corrected chi connectivity index (χ1v) is 8.36. The molecular formula is C19H21ClN2O3. The van der Waals surface area contributed by atoms with Gasteiger partial charge in [-0.15, -0.1) is 0 Å². The number of ether oxygens (including phenoxy) is 1. The average Bonchev–Trinajstić information content (AvgIpc) is 2.59. The van der Waals surface area contributed by atoms with E-state index >= 15 is 0 Å². The minimum atomic E-state index is -0.288. The van der Waals surface area contributed by atoms with Gasteiger partial charge in [0.25, 0.3) is 5.91 Å². The summed E-state index contributed by atoms with van der Waals surface area (Å²) >= 11 is 5.83. The standard InChI is InChI=1S/C19H21ClN2O3/c1-13(2)22-18(23)11-21-19(24)15-5-3-14(4-6-15)12-25-17-9-7-16(20)8-10-17/h3-10,13H,11-12H2,1-2H3,(H,21,24)(H,22,23). The van der Waals surface area contributed by atoms with Crippen LogP contribution in [0.5, 0.6) is 5.75 Å². The molecule has 0 aliphatic carbocycles. The van der Waals surface area contributed by atoms with Crippen molar-refractivity contribution in [3.8, 4) is 5.75 Å². The van der Waals surface area contributed by atoms with Crippen LogP contribution in [0.25, 0.3) is 0 Å². The van der Waals surface area contributed by atoms with Crippen molar-refractivity contribution in [3.63, 3.8) is 0 Å². The summed E-state index contributed by atoms with van der Waals surface area (Å²) in [4.78, 5) is 23.6. The molecule has 25 heavy (non-hydrogen) atoms. The summed E-state index contributed by atoms with van der Waals surface area (Å²) in [5, 5.41) is 5.97. The summed E-state index contributed by atoms with van der Waals surface area (Å²) in [5.74, 6) is 0.225. The summed E-state index contributed by atoms with van der Waals surface area (Å²) < 4.78 is 5.65. The van der Waals surface area contributed by atoms with Gasteiger partial charge in [0, 0.05) is 16.6 Å². The monoisotopic (exact) mass is 360 g/mol. The summed E-state index contributed by atoms with van der Waals surface area (Å²) in [7, 11) is 0. The smallest absolute Gasteiger partial charge is 0.251 e. The van der Waals surface area contributed by atoms with Crippen molar-refractivity contribution in [3.05, 3.63) is 64.7 Å². The number of carbonyl (C=O) groups excluding carboxylic acids is 2. The van der Waals surface area contributed by atoms with Crippen LogP contribution in [0.15, 0.2) is 48.5 Å². The van der Waals surface area contributed by atoms with Crippen LogP contribution in [-0.2, 0) is 11.4 Å². The minimum absolute atomic E-state index is 0.0432. The highest BCUT2D eigenvalue weighted by atomic mass is 35.5. The van der Waals surface area contributed by atoms with Gasteiger partial charge in [0.1, 0.15) is 12.4 Å². The molecule has 0 saturated heterocycles. The van der Waals surface area contributed by atoms with Crippen LogP contribution in [0.1, 0.15) is 29.8 Å². The topological polar surface area (TPSA) is 67.4 Å². The molecule has 0 aromatic heterocycles. The first kappa shape index (κ1) is 18.8. The third-order valence-electron chi connectivity index (χ3n) is 3.29. The Balaban J connectivity index is 1.83. The van der Waals surface area contributed by atoms with E-state index in [9.17, 15) is 9.59 Å². The van der Waals surface area contributed by atoms with Gasteiger partial charge in [-0.25, -0.2) is 0 Å². The van der Waals surface area contributed by atoms with Crippen LogP contribution in [0.3, 0.4) is 0 Å². The van der Waals surface area contributed by atoms with E-state index in [1.54, 1.807) is 36.4 Å². The zero-order valence-corrected chi connectivity index (χ0v) is 15.0. The van der Waals surface area contributed by atoms with Crippen LogP contribution in [-0.4, -0.2) is 24.4 Å². The summed E-state index contributed by atoms with van der Waals surface area (Å²) in [6.07, 6.45) is 0. The van der Waals surface area contributed by atoms with Crippen LogP contribution in [0, 0.1) is 0 Å². The number of amides is 2. The van der Waals surface area contributed by atoms with E-state index in [2.05, 4.69) is 10.6 Å². The first-order valence-electron chi connectivity index (χ1n) is 7.99. The van der Waals surface area contributed by atoms with E-state index < -0.39 is 0 Å². The highest BCUT2D eigenvalue weighted by molar-refractivity contribution is 6.30. The zero-order chi connectivity index (χ0) is 18.2. The van der Waals surface area contributed by atoms with E-state index in [0.717, 1.165) is 11.3 Å². The molecule has 0 fully saturated rings. The van der Waals surface area contributed by atoms with Crippen molar-refractivity contribution in [1.82, 2.24) is 10.6 Å². The van der Waals surface area contributed by atoms with E-state index in [-0.39, 0.29) is 24.4 Å². The summed E-state index contributed by atoms with van der Waals surface area (Å²) in [5.41, 5.74) is 1.43. The molecule has 6 heteroatoms. The Kier molecular flexibility index (Phi) is 6.83. The van der Waals surface area contributed by atoms with Crippen LogP contribution in [0.2, 0.25) is 5.02 Å². The molecule has 0 heterocycles. The molecule has 0 unspecified atom stereocenters. The normalized spacial score (nSPS) is 10.4. The first-order chi connectivity index (χ1) is 11.9. The molecule has 0 aliphatic rings. The number of hydrogen-bond acceptors (Lipinski definition) is 3. The molecule has 2 aromatic rings. The number of halogens is 1. The van der Waals surface area contributed by atoms with E-state index in [1.807, 2.05) is 26.0 Å². The van der Waals surface area contributed by atoms with Crippen molar-refractivity contribution in [2.75, 3.05) is 6.54 Å². The van der Waals surface area contributed by atoms with Gasteiger partial charge in [0.05, 0.1) is 6.54 Å². The maximum atomic E-state index is 12.0. The van der Waals surface area contributed by atoms with Crippen LogP contribution >= 0.6 is 11.6 Å². The molecule has 0 aliphatic heterocycles. The fraction of sp³-hybridized carbons (Fsp3) is 0.263. The van der Waals surface area contributed by atoms with Gasteiger partial charge in [-0.2, -0.15) is 0 Å². The Bertz CT molecular complexity index is 712. The third kappa shape index (κ3) is 6.47. The molecule has 2 aromatic carbocycles. The van der Waals surface area contributed by atoms with Crippen molar-refractivity contribution in [2.24, 2.45) is 0 Å². The largest absolute Gasteiger partial charge is 0.489 e. The number of hydrogen-bond donors (Lipinski definition) is 2. The Morgan fingerprint density at radius 1 is 1.04 bits per heavy atom. The van der Waals surface area contributed by atoms with Gasteiger partial charge in [-0.1, -0.05) is 23.7 Å². The number of carbonyl (C=O) groups is 2. The van der Waals surface area contributed by atoms with E-state index in [1.165, 1.54) is 0 Å². The number of benzene rings is 2. The maximum Gasteiger partial charge on any atom is 0.251 e. The molecule has 0 radical (unpaired) electrons. The lowest BCUT2D eigenvalue weighted by molar-refractivity contribution is -0.120. The maximum absolute atomic E-state index is 12.0. The van der Waals surface area contributed by atoms with E-state index in [4.69, 9.17) is 16.3 Å². The lowest BCUT2D eigenvalue weighted by Crippen LogP contribution is -2.39. The summed E-state index contributed by atoms with van der Waals surface area (Å²) in [6, 6.07) is 14.2. The number of nitrogens with one attached hydrogen (secondary N) is 2. The molecule has 2 rings (SSSR count). The van der Waals surface area contributed by atoms with Crippen molar-refractivity contribution in [1.29, 1.82) is 0 Å². The van der Waals surface area contributed by atoms with Crippen molar-refractivity contribution in [2.45, 2.75) is 26.5 Å². The van der Waals surface area contributed by atoms with Crippen LogP contribution in [0.4, 0.5) is 0 Å². The Labute approximate surface area is 152 Å². The van der Waals surface area contributed by atoms with Crippen molar-refractivity contribution < 1.29 is 14.3 Å². The molecule has 132 valence electrons. The van der Waals surface area contributed by atoms with Gasteiger partial charge in [-0.3, -0.25) is 9.59 Å². The quantitative estimate of drug-likeness (QED) is 0.797. The fourth-order valence-electron chi connectivity index (χ4n) is 2.09. The second-order valence-electron chi connectivity index (χ2n) is 5.84. The molecule has 0 saturated carbocycles. The molecule has 2 N–H and O–H groups in total. The molecule has 0 bridgehead atoms. The van der Waals surface area contributed by atoms with Crippen molar-refractivity contribution >= 4 is 23.4 Å². The Hall–Kier alpha value is -2.53. The third-order valence-corrected chi connectivity index (χ3v) is 3.55. The summed E-state index contributed by atoms with van der Waals surface area (Å²) in [6.45, 7) is 4.08. The van der Waals surface area contributed by atoms with E-state index in [0.29, 0.717) is 17.2 Å². The van der Waals surface area contributed by atoms with Gasteiger partial charge < -0.3 is 15.4 Å². The second kappa shape index (κ2) is 9.08. The van der Waals surface area contributed by atoms with Gasteiger partial charge in [-0.05, 0) is 55.8 Å². The molecule has 5 nitrogen and oxygen atoms in total. The Morgan fingerprint density at radius 2 is 1.68 bits per heavy atom. The predicted molar refractivity (Wildman–Crippen MR) is 97.8 cm³/mol. The molecule has 0 atom stereocenters. The molecular weight excluding hydrogens is 340 g/mol. The van der Waals surface area contributed by atoms with Gasteiger partial charge >= 0.3 is 0 Å². The average molecular weight is 361 g/mol. The lowest BCUT2D eigenvalue weighted by atomic mass is 10.1. The second-order valence-corrected chi connectivity index (χ2v) is 6.28. The van der Waals surface area contributed by atoms with Crippen LogP contribution < -0.4 is 15.4 Å². The predicted octanol–water partition coefficient (Wildman–Crippen LogP) is 3.17. The fourth-order valence-corrected chi connectivity index (χ4v) is 2.21. The highest BCUT2D eigenvalue weighted by Crippen LogP contribution is 2.17. The molecule has 0 spiro atoms. The zero-order valence-electron chi connectivity index (χ0n) is 14.2. The van der Waals surface area contributed by atoms with Gasteiger partial charge in [0.15, 0.2) is 0 Å².